The quantitative estimate of drug-likeness (QED) is 0.0476. The number of rotatable bonds is 12. The summed E-state index contributed by atoms with van der Waals surface area (Å²) in [5, 5.41) is 20.4. The van der Waals surface area contributed by atoms with E-state index in [1.54, 1.807) is 146 Å². The molecule has 0 N–H and O–H groups in total. The van der Waals surface area contributed by atoms with E-state index in [-0.39, 0.29) is 73.4 Å². The summed E-state index contributed by atoms with van der Waals surface area (Å²) < 4.78 is 31.2. The lowest BCUT2D eigenvalue weighted by Gasteiger charge is -2.33. The third kappa shape index (κ3) is 9.72. The average Bonchev–Trinajstić information content (AvgIpc) is 2.48. The molecule has 7 heterocycles. The molecule has 3 aliphatic heterocycles. The lowest BCUT2D eigenvalue weighted by atomic mass is 9.90. The highest BCUT2D eigenvalue weighted by Crippen LogP contribution is 2.61. The van der Waals surface area contributed by atoms with E-state index in [4.69, 9.17) is 23.7 Å². The number of carbonyl (C=O) groups excluding carboxylic acids is 8. The summed E-state index contributed by atoms with van der Waals surface area (Å²) in [5.41, 5.74) is -2.45. The third-order valence-electron chi connectivity index (χ3n) is 13.0. The molecule has 0 radical (unpaired) electrons. The van der Waals surface area contributed by atoms with E-state index in [2.05, 4.69) is 9.98 Å². The van der Waals surface area contributed by atoms with Gasteiger partial charge in [0.1, 0.15) is 71.1 Å². The van der Waals surface area contributed by atoms with Crippen molar-refractivity contribution < 1.29 is 62.0 Å². The maximum absolute atomic E-state index is 15.3. The number of fused-ring (bicyclic) bond motifs is 7. The van der Waals surface area contributed by atoms with Gasteiger partial charge in [0.15, 0.2) is 5.75 Å². The Bertz CT molecular complexity index is 4200. The molecule has 4 aromatic carbocycles. The van der Waals surface area contributed by atoms with E-state index in [1.165, 1.54) is 25.2 Å². The fourth-order valence-corrected chi connectivity index (χ4v) is 14.0. The Kier molecular flexibility index (Phi) is 14.6. The number of nitriles is 2. The molecule has 0 saturated carbocycles. The van der Waals surface area contributed by atoms with Crippen LogP contribution < -0.4 is 4.74 Å². The summed E-state index contributed by atoms with van der Waals surface area (Å²) in [7, 11) is 0. The standard InChI is InChI=1S/C59H36N6O13S4/c1-31-37(25-60)51(66)64(57(72)76-29-35-19-11-5-12-20-35)53(68)44(31)62-41-23-39-47(81-41)43-49(79-39)50-46(78-59(43,55(70)74-27-33-15-7-3-8-16-33)56(71)75-28-34-17-9-4-10-18-34)48-40(80-50)24-42(82-48)63-45-32(2)38(26-61)52(67)65(54(45)69)58(73)77-30-36-21-13-6-14-22-36/h3-24H,27-30H2,1-2H3. The van der Waals surface area contributed by atoms with Crippen LogP contribution in [0.3, 0.4) is 0 Å². The molecular weight excluding hydrogens is 1130 g/mol. The highest BCUT2D eigenvalue weighted by molar-refractivity contribution is 7.36. The van der Waals surface area contributed by atoms with Crippen LogP contribution in [0.5, 0.6) is 5.75 Å². The van der Waals surface area contributed by atoms with Gasteiger partial charge in [-0.15, -0.1) is 45.3 Å². The van der Waals surface area contributed by atoms with E-state index < -0.39 is 75.9 Å². The third-order valence-corrected chi connectivity index (χ3v) is 17.8. The van der Waals surface area contributed by atoms with Crippen LogP contribution in [0.15, 0.2) is 166 Å². The largest absolute Gasteiger partial charge is 0.457 e. The molecular formula is C59H36N6O13S4. The normalized spacial score (nSPS) is 15.8. The monoisotopic (exact) mass is 1160 g/mol. The number of benzene rings is 4. The molecule has 8 aromatic rings. The van der Waals surface area contributed by atoms with Crippen LogP contribution >= 0.6 is 45.3 Å². The van der Waals surface area contributed by atoms with E-state index in [1.807, 2.05) is 0 Å². The minimum Gasteiger partial charge on any atom is -0.457 e. The Labute approximate surface area is 480 Å². The van der Waals surface area contributed by atoms with Crippen LogP contribution in [0.1, 0.15) is 41.7 Å². The van der Waals surface area contributed by atoms with Gasteiger partial charge in [0.05, 0.1) is 29.4 Å². The predicted molar refractivity (Wildman–Crippen MR) is 301 cm³/mol. The number of esters is 2. The van der Waals surface area contributed by atoms with E-state index in [0.29, 0.717) is 46.1 Å². The van der Waals surface area contributed by atoms with Gasteiger partial charge >= 0.3 is 29.7 Å². The van der Waals surface area contributed by atoms with Gasteiger partial charge in [-0.25, -0.2) is 29.2 Å². The Morgan fingerprint density at radius 3 is 1.28 bits per heavy atom. The van der Waals surface area contributed by atoms with Crippen LogP contribution in [0, 0.1) is 22.7 Å². The number of ether oxygens (including phenoxy) is 5. The number of hydrogen-bond acceptors (Lipinski definition) is 21. The Morgan fingerprint density at radius 2 is 0.878 bits per heavy atom. The zero-order chi connectivity index (χ0) is 57.4. The van der Waals surface area contributed by atoms with Gasteiger partial charge in [0.2, 0.25) is 0 Å². The number of hydrogen-bond donors (Lipinski definition) is 0. The topological polar surface area (TPSA) is 261 Å². The number of amides is 6. The van der Waals surface area contributed by atoms with Crippen molar-refractivity contribution >= 4 is 133 Å². The zero-order valence-electron chi connectivity index (χ0n) is 42.7. The molecule has 82 heavy (non-hydrogen) atoms. The van der Waals surface area contributed by atoms with Crippen molar-refractivity contribution in [1.82, 2.24) is 9.80 Å². The molecule has 19 nitrogen and oxygen atoms in total. The summed E-state index contributed by atoms with van der Waals surface area (Å²) in [6, 6.07) is 41.2. The van der Waals surface area contributed by atoms with Crippen molar-refractivity contribution in [3.05, 3.63) is 184 Å². The molecule has 0 atom stereocenters. The number of thiophene rings is 4. The second-order valence-corrected chi connectivity index (χ2v) is 22.3. The number of imide groups is 6. The molecule has 23 heteroatoms. The Morgan fingerprint density at radius 1 is 0.512 bits per heavy atom. The fourth-order valence-electron chi connectivity index (χ4n) is 8.93. The van der Waals surface area contributed by atoms with E-state index >= 15 is 9.59 Å². The van der Waals surface area contributed by atoms with Crippen molar-refractivity contribution in [2.24, 2.45) is 9.98 Å². The van der Waals surface area contributed by atoms with E-state index in [9.17, 15) is 39.3 Å². The van der Waals surface area contributed by atoms with Crippen LogP contribution in [-0.4, -0.2) is 69.0 Å². The van der Waals surface area contributed by atoms with Crippen molar-refractivity contribution in [2.75, 3.05) is 0 Å². The molecule has 0 unspecified atom stereocenters. The smallest absolute Gasteiger partial charge is 0.424 e. The molecule has 4 aromatic heterocycles. The number of aliphatic imine (C=N–C) groups is 2. The highest BCUT2D eigenvalue weighted by Gasteiger charge is 2.60. The van der Waals surface area contributed by atoms with Crippen LogP contribution in [-0.2, 0) is 79.7 Å². The van der Waals surface area contributed by atoms with Crippen molar-refractivity contribution in [1.29, 1.82) is 10.5 Å². The highest BCUT2D eigenvalue weighted by atomic mass is 32.1. The maximum atomic E-state index is 15.3. The van der Waals surface area contributed by atoms with Crippen molar-refractivity contribution in [3.8, 4) is 27.6 Å². The molecule has 11 rings (SSSR count). The second kappa shape index (κ2) is 22.2. The molecule has 0 saturated heterocycles. The Hall–Kier alpha value is -10.0. The molecule has 3 aliphatic rings. The molecule has 6 amide bonds. The summed E-state index contributed by atoms with van der Waals surface area (Å²) in [6.07, 6.45) is -2.64. The molecule has 0 fully saturated rings. The SMILES string of the molecule is CC1=C(C#N)C(=O)N(C(=O)OCc2ccccc2)C(=O)C1=Nc1cc2sc3c(c2s1)OC(C(=O)OCc1ccccc1)(C(=O)OCc1ccccc1)c1c-3sc2cc(N=C3C(=O)N(C(=O)OCc4ccccc4)C(=O)C(C#N)=C3C)sc12. The molecule has 0 bridgehead atoms. The first-order valence-electron chi connectivity index (χ1n) is 24.5. The predicted octanol–water partition coefficient (Wildman–Crippen LogP) is 11.2. The molecule has 0 aliphatic carbocycles. The molecule has 404 valence electrons. The summed E-state index contributed by atoms with van der Waals surface area (Å²) in [4.78, 5) is 123. The van der Waals surface area contributed by atoms with Gasteiger partial charge in [-0.3, -0.25) is 19.2 Å². The number of nitrogens with zero attached hydrogens (tertiary/aromatic N) is 6. The summed E-state index contributed by atoms with van der Waals surface area (Å²) in [5.74, 6) is -6.95. The van der Waals surface area contributed by atoms with Gasteiger partial charge in [0.25, 0.3) is 23.6 Å². The molecule has 0 spiro atoms. The number of carbonyl (C=O) groups is 8. The summed E-state index contributed by atoms with van der Waals surface area (Å²) in [6.45, 7) is 1.52. The first kappa shape index (κ1) is 53.9. The van der Waals surface area contributed by atoms with Crippen LogP contribution in [0.4, 0.5) is 19.6 Å². The van der Waals surface area contributed by atoms with Crippen LogP contribution in [0.2, 0.25) is 0 Å². The van der Waals surface area contributed by atoms with Gasteiger partial charge in [-0.2, -0.15) is 20.3 Å². The minimum atomic E-state index is -2.72. The zero-order valence-corrected chi connectivity index (χ0v) is 45.9. The van der Waals surface area contributed by atoms with Crippen molar-refractivity contribution in [2.45, 2.75) is 45.9 Å². The Balaban J connectivity index is 1.02. The lowest BCUT2D eigenvalue weighted by Crippen LogP contribution is -2.52. The van der Waals surface area contributed by atoms with Gasteiger partial charge in [0, 0.05) is 15.8 Å². The van der Waals surface area contributed by atoms with Crippen LogP contribution in [0.25, 0.3) is 28.6 Å². The average molecular weight is 1170 g/mol. The van der Waals surface area contributed by atoms with Gasteiger partial charge < -0.3 is 23.7 Å². The first-order valence-corrected chi connectivity index (χ1v) is 27.8. The van der Waals surface area contributed by atoms with Gasteiger partial charge in [-0.05, 0) is 48.2 Å². The minimum absolute atomic E-state index is 0.0321. The first-order chi connectivity index (χ1) is 39.7. The summed E-state index contributed by atoms with van der Waals surface area (Å²) >= 11 is 4.27. The maximum Gasteiger partial charge on any atom is 0.424 e. The lowest BCUT2D eigenvalue weighted by molar-refractivity contribution is -0.183. The fraction of sp³-hybridized carbons (Fsp3) is 0.119. The van der Waals surface area contributed by atoms with Crippen molar-refractivity contribution in [3.63, 3.8) is 0 Å². The van der Waals surface area contributed by atoms with E-state index in [0.717, 1.165) is 34.0 Å². The second-order valence-electron chi connectivity index (χ2n) is 18.1. The van der Waals surface area contributed by atoms with Gasteiger partial charge in [-0.1, -0.05) is 121 Å².